The van der Waals surface area contributed by atoms with Gasteiger partial charge in [-0.2, -0.15) is 0 Å². The molecule has 0 spiro atoms. The molecule has 1 aromatic carbocycles. The van der Waals surface area contributed by atoms with E-state index in [4.69, 9.17) is 4.74 Å². The average molecular weight is 342 g/mol. The van der Waals surface area contributed by atoms with Gasteiger partial charge in [0, 0.05) is 43.1 Å². The molecule has 1 aliphatic heterocycles. The van der Waals surface area contributed by atoms with Gasteiger partial charge in [0.25, 0.3) is 0 Å². The summed E-state index contributed by atoms with van der Waals surface area (Å²) in [5.41, 5.74) is 2.17. The normalized spacial score (nSPS) is 19.5. The molecule has 132 valence electrons. The number of nitrogens with one attached hydrogen (secondary N) is 1. The molecule has 1 saturated heterocycles. The summed E-state index contributed by atoms with van der Waals surface area (Å²) < 4.78 is 18.5. The third-order valence-electron chi connectivity index (χ3n) is 5.22. The number of ether oxygens (including phenoxy) is 1. The molecule has 1 N–H and O–H groups in total. The molecule has 1 saturated carbocycles. The highest BCUT2D eigenvalue weighted by Gasteiger charge is 2.38. The van der Waals surface area contributed by atoms with Gasteiger partial charge >= 0.3 is 0 Å². The zero-order valence-corrected chi connectivity index (χ0v) is 14.2. The quantitative estimate of drug-likeness (QED) is 0.905. The van der Waals surface area contributed by atoms with Crippen molar-refractivity contribution in [2.45, 2.75) is 31.3 Å². The van der Waals surface area contributed by atoms with Crippen molar-refractivity contribution in [3.8, 4) is 0 Å². The van der Waals surface area contributed by atoms with Crippen LogP contribution in [0.3, 0.4) is 0 Å². The summed E-state index contributed by atoms with van der Waals surface area (Å²) in [7, 11) is 0. The van der Waals surface area contributed by atoms with Crippen LogP contribution in [0.15, 0.2) is 36.7 Å². The summed E-state index contributed by atoms with van der Waals surface area (Å²) in [5.74, 6) is 0.578. The number of rotatable bonds is 5. The summed E-state index contributed by atoms with van der Waals surface area (Å²) in [5, 5.41) is 3.65. The maximum Gasteiger partial charge on any atom is 0.225 e. The molecule has 1 aromatic heterocycles. The second-order valence-corrected chi connectivity index (χ2v) is 6.79. The Morgan fingerprint density at radius 2 is 1.76 bits per heavy atom. The lowest BCUT2D eigenvalue weighted by Gasteiger charge is -2.43. The maximum absolute atomic E-state index is 13.2. The summed E-state index contributed by atoms with van der Waals surface area (Å²) in [6, 6.07) is 6.85. The number of anilines is 1. The van der Waals surface area contributed by atoms with Crippen molar-refractivity contribution < 1.29 is 9.13 Å². The van der Waals surface area contributed by atoms with Crippen LogP contribution in [0.2, 0.25) is 0 Å². The van der Waals surface area contributed by atoms with Crippen LogP contribution in [-0.2, 0) is 16.8 Å². The Morgan fingerprint density at radius 1 is 1.08 bits per heavy atom. The third-order valence-corrected chi connectivity index (χ3v) is 5.22. The van der Waals surface area contributed by atoms with Gasteiger partial charge < -0.3 is 15.0 Å². The lowest BCUT2D eigenvalue weighted by molar-refractivity contribution is 0.122. The first-order valence-electron chi connectivity index (χ1n) is 8.90. The van der Waals surface area contributed by atoms with Gasteiger partial charge in [0.15, 0.2) is 0 Å². The molecular weight excluding hydrogens is 319 g/mol. The zero-order valence-electron chi connectivity index (χ0n) is 14.2. The lowest BCUT2D eigenvalue weighted by Crippen LogP contribution is -2.47. The van der Waals surface area contributed by atoms with E-state index in [1.807, 2.05) is 24.5 Å². The second-order valence-electron chi connectivity index (χ2n) is 6.79. The highest BCUT2D eigenvalue weighted by atomic mass is 19.1. The monoisotopic (exact) mass is 342 g/mol. The van der Waals surface area contributed by atoms with E-state index >= 15 is 0 Å². The molecule has 5 nitrogen and oxygen atoms in total. The van der Waals surface area contributed by atoms with Crippen LogP contribution in [0.5, 0.6) is 0 Å². The summed E-state index contributed by atoms with van der Waals surface area (Å²) in [6.07, 6.45) is 7.12. The van der Waals surface area contributed by atoms with Gasteiger partial charge in [0.1, 0.15) is 5.82 Å². The standard InChI is InChI=1S/C19H23FN4O/c20-17-4-2-16(3-5-17)19(6-1-7-19)23-14-15-12-21-18(22-13-15)24-8-10-25-11-9-24/h2-5,12-13,23H,1,6-11,14H2. The largest absolute Gasteiger partial charge is 0.378 e. The number of nitrogens with zero attached hydrogens (tertiary/aromatic N) is 3. The Bertz CT molecular complexity index is 694. The Hall–Kier alpha value is -2.05. The highest BCUT2D eigenvalue weighted by molar-refractivity contribution is 5.31. The number of morpholine rings is 1. The Morgan fingerprint density at radius 3 is 2.36 bits per heavy atom. The number of aromatic nitrogens is 2. The zero-order chi connectivity index (χ0) is 17.1. The fourth-order valence-corrected chi connectivity index (χ4v) is 3.50. The van der Waals surface area contributed by atoms with Gasteiger partial charge in [-0.1, -0.05) is 12.1 Å². The SMILES string of the molecule is Fc1ccc(C2(NCc3cnc(N4CCOCC4)nc3)CCC2)cc1. The first-order valence-corrected chi connectivity index (χ1v) is 8.90. The molecule has 4 rings (SSSR count). The van der Waals surface area contributed by atoms with Crippen molar-refractivity contribution >= 4 is 5.95 Å². The molecule has 2 heterocycles. The topological polar surface area (TPSA) is 50.3 Å². The number of hydrogen-bond donors (Lipinski definition) is 1. The van der Waals surface area contributed by atoms with Gasteiger partial charge in [-0.3, -0.25) is 0 Å². The molecule has 2 fully saturated rings. The summed E-state index contributed by atoms with van der Waals surface area (Å²) in [6.45, 7) is 3.84. The number of halogens is 1. The van der Waals surface area contributed by atoms with E-state index in [1.165, 1.54) is 18.6 Å². The van der Waals surface area contributed by atoms with E-state index in [0.29, 0.717) is 6.54 Å². The highest BCUT2D eigenvalue weighted by Crippen LogP contribution is 2.41. The molecule has 2 aromatic rings. The summed E-state index contributed by atoms with van der Waals surface area (Å²) >= 11 is 0. The predicted molar refractivity (Wildman–Crippen MR) is 93.8 cm³/mol. The number of hydrogen-bond acceptors (Lipinski definition) is 5. The van der Waals surface area contributed by atoms with Crippen LogP contribution in [0.25, 0.3) is 0 Å². The maximum atomic E-state index is 13.2. The minimum absolute atomic E-state index is 0.0451. The van der Waals surface area contributed by atoms with Crippen molar-refractivity contribution in [1.82, 2.24) is 15.3 Å². The van der Waals surface area contributed by atoms with Gasteiger partial charge in [0.05, 0.1) is 13.2 Å². The average Bonchev–Trinajstić information content (AvgIpc) is 2.63. The third kappa shape index (κ3) is 3.50. The summed E-state index contributed by atoms with van der Waals surface area (Å²) in [4.78, 5) is 11.1. The van der Waals surface area contributed by atoms with Crippen LogP contribution in [-0.4, -0.2) is 36.3 Å². The fourth-order valence-electron chi connectivity index (χ4n) is 3.50. The van der Waals surface area contributed by atoms with Crippen molar-refractivity contribution in [3.63, 3.8) is 0 Å². The first-order chi connectivity index (χ1) is 12.3. The smallest absolute Gasteiger partial charge is 0.225 e. The number of benzene rings is 1. The minimum atomic E-state index is -0.190. The molecule has 0 atom stereocenters. The molecule has 0 bridgehead atoms. The van der Waals surface area contributed by atoms with Crippen LogP contribution < -0.4 is 10.2 Å². The van der Waals surface area contributed by atoms with Gasteiger partial charge in [-0.25, -0.2) is 14.4 Å². The second kappa shape index (κ2) is 7.06. The molecule has 25 heavy (non-hydrogen) atoms. The fraction of sp³-hybridized carbons (Fsp3) is 0.474. The Kier molecular flexibility index (Phi) is 4.63. The van der Waals surface area contributed by atoms with Gasteiger partial charge in [-0.15, -0.1) is 0 Å². The van der Waals surface area contributed by atoms with Gasteiger partial charge in [-0.05, 0) is 37.0 Å². The molecule has 6 heteroatoms. The molecule has 0 amide bonds. The lowest BCUT2D eigenvalue weighted by atomic mass is 9.71. The van der Waals surface area contributed by atoms with Crippen molar-refractivity contribution in [1.29, 1.82) is 0 Å². The van der Waals surface area contributed by atoms with E-state index in [9.17, 15) is 4.39 Å². The van der Waals surface area contributed by atoms with E-state index < -0.39 is 0 Å². The van der Waals surface area contributed by atoms with Gasteiger partial charge in [0.2, 0.25) is 5.95 Å². The predicted octanol–water partition coefficient (Wildman–Crippen LogP) is 2.62. The Labute approximate surface area is 147 Å². The van der Waals surface area contributed by atoms with Crippen molar-refractivity contribution in [3.05, 3.63) is 53.6 Å². The van der Waals surface area contributed by atoms with E-state index in [0.717, 1.165) is 56.2 Å². The Balaban J connectivity index is 1.40. The molecule has 0 radical (unpaired) electrons. The van der Waals surface area contributed by atoms with Crippen LogP contribution in [0, 0.1) is 5.82 Å². The molecule has 1 aliphatic carbocycles. The van der Waals surface area contributed by atoms with E-state index in [-0.39, 0.29) is 11.4 Å². The molecule has 0 unspecified atom stereocenters. The first kappa shape index (κ1) is 16.4. The van der Waals surface area contributed by atoms with Crippen molar-refractivity contribution in [2.75, 3.05) is 31.2 Å². The van der Waals surface area contributed by atoms with E-state index in [1.54, 1.807) is 0 Å². The minimum Gasteiger partial charge on any atom is -0.378 e. The molecule has 2 aliphatic rings. The van der Waals surface area contributed by atoms with E-state index in [2.05, 4.69) is 20.2 Å². The van der Waals surface area contributed by atoms with Crippen LogP contribution >= 0.6 is 0 Å². The van der Waals surface area contributed by atoms with Crippen molar-refractivity contribution in [2.24, 2.45) is 0 Å². The van der Waals surface area contributed by atoms with Crippen LogP contribution in [0.4, 0.5) is 10.3 Å². The van der Waals surface area contributed by atoms with Crippen LogP contribution in [0.1, 0.15) is 30.4 Å². The molecular formula is C19H23FN4O.